The van der Waals surface area contributed by atoms with Crippen molar-refractivity contribution < 1.29 is 13.3 Å². The summed E-state index contributed by atoms with van der Waals surface area (Å²) in [4.78, 5) is 12.6. The number of nitro benzene ring substituents is 1. The van der Waals surface area contributed by atoms with Crippen molar-refractivity contribution in [1.82, 2.24) is 9.62 Å². The van der Waals surface area contributed by atoms with E-state index in [2.05, 4.69) is 9.62 Å². The van der Waals surface area contributed by atoms with E-state index in [4.69, 9.17) is 0 Å². The van der Waals surface area contributed by atoms with Gasteiger partial charge in [0.05, 0.1) is 4.92 Å². The zero-order valence-corrected chi connectivity index (χ0v) is 17.2. The predicted molar refractivity (Wildman–Crippen MR) is 116 cm³/mol. The Morgan fingerprint density at radius 2 is 1.63 bits per heavy atom. The van der Waals surface area contributed by atoms with Crippen molar-refractivity contribution in [3.05, 3.63) is 82.4 Å². The van der Waals surface area contributed by atoms with Crippen molar-refractivity contribution in [2.75, 3.05) is 19.6 Å². The van der Waals surface area contributed by atoms with E-state index < -0.39 is 20.6 Å². The molecular weight excluding hydrogens is 402 g/mol. The van der Waals surface area contributed by atoms with Gasteiger partial charge in [-0.15, -0.1) is 0 Å². The molecule has 1 fully saturated rings. The number of hydrogen-bond acceptors (Lipinski definition) is 5. The molecule has 1 atom stereocenters. The molecule has 1 aliphatic heterocycles. The number of fused-ring (bicyclic) bond motifs is 1. The lowest BCUT2D eigenvalue weighted by atomic mass is 9.98. The number of likely N-dealkylation sites (tertiary alicyclic amines) is 1. The smallest absolute Gasteiger partial charge is 0.289 e. The summed E-state index contributed by atoms with van der Waals surface area (Å²) in [7, 11) is -4.04. The van der Waals surface area contributed by atoms with Crippen LogP contribution < -0.4 is 4.72 Å². The number of benzene rings is 3. The van der Waals surface area contributed by atoms with Crippen LogP contribution in [0.2, 0.25) is 0 Å². The van der Waals surface area contributed by atoms with Crippen LogP contribution in [0.15, 0.2) is 71.6 Å². The monoisotopic (exact) mass is 425 g/mol. The summed E-state index contributed by atoms with van der Waals surface area (Å²) < 4.78 is 28.5. The number of rotatable bonds is 7. The van der Waals surface area contributed by atoms with Crippen molar-refractivity contribution in [1.29, 1.82) is 0 Å². The fraction of sp³-hybridized carbons (Fsp3) is 0.273. The lowest BCUT2D eigenvalue weighted by Gasteiger charge is -2.29. The Kier molecular flexibility index (Phi) is 5.80. The molecule has 3 aromatic carbocycles. The molecule has 7 nitrogen and oxygen atoms in total. The molecule has 3 aromatic rings. The summed E-state index contributed by atoms with van der Waals surface area (Å²) in [5.41, 5.74) is 0.633. The maximum Gasteiger partial charge on any atom is 0.289 e. The number of sulfonamides is 1. The van der Waals surface area contributed by atoms with Crippen LogP contribution in [0.3, 0.4) is 0 Å². The molecule has 156 valence electrons. The Hall–Kier alpha value is -2.81. The molecule has 0 radical (unpaired) electrons. The third-order valence-electron chi connectivity index (χ3n) is 5.58. The molecule has 4 rings (SSSR count). The average Bonchev–Trinajstić information content (AvgIpc) is 3.28. The van der Waals surface area contributed by atoms with E-state index in [1.54, 1.807) is 0 Å². The topological polar surface area (TPSA) is 92.5 Å². The standard InChI is InChI=1S/C22H23N3O4S/c26-25(27)20-12-3-4-13-22(20)30(28,29)23-16-21(24-14-5-6-15-24)19-11-7-9-17-8-1-2-10-18(17)19/h1-4,7-13,21,23H,5-6,14-16H2/t21-/m1/s1. The van der Waals surface area contributed by atoms with Crippen LogP contribution in [0.5, 0.6) is 0 Å². The van der Waals surface area contributed by atoms with Gasteiger partial charge in [0.2, 0.25) is 10.0 Å². The van der Waals surface area contributed by atoms with Gasteiger partial charge in [0.1, 0.15) is 0 Å². The second kappa shape index (κ2) is 8.51. The van der Waals surface area contributed by atoms with Crippen LogP contribution >= 0.6 is 0 Å². The highest BCUT2D eigenvalue weighted by molar-refractivity contribution is 7.89. The Balaban J connectivity index is 1.68. The van der Waals surface area contributed by atoms with Gasteiger partial charge in [-0.2, -0.15) is 0 Å². The minimum atomic E-state index is -4.04. The molecule has 1 N–H and O–H groups in total. The number of hydrogen-bond donors (Lipinski definition) is 1. The molecule has 1 aliphatic rings. The van der Waals surface area contributed by atoms with Gasteiger partial charge in [-0.3, -0.25) is 15.0 Å². The largest absolute Gasteiger partial charge is 0.295 e. The molecule has 0 spiro atoms. The normalized spacial score (nSPS) is 16.0. The van der Waals surface area contributed by atoms with E-state index >= 15 is 0 Å². The summed E-state index contributed by atoms with van der Waals surface area (Å²) in [5, 5.41) is 13.5. The highest BCUT2D eigenvalue weighted by Crippen LogP contribution is 2.31. The molecular formula is C22H23N3O4S. The van der Waals surface area contributed by atoms with Crippen LogP contribution in [0.1, 0.15) is 24.4 Å². The van der Waals surface area contributed by atoms with Crippen LogP contribution in [-0.2, 0) is 10.0 Å². The first-order chi connectivity index (χ1) is 14.5. The Bertz CT molecular complexity index is 1170. The minimum Gasteiger partial charge on any atom is -0.295 e. The Labute approximate surface area is 175 Å². The third kappa shape index (κ3) is 4.07. The molecule has 0 saturated carbocycles. The van der Waals surface area contributed by atoms with Crippen molar-refractivity contribution in [3.63, 3.8) is 0 Å². The summed E-state index contributed by atoms with van der Waals surface area (Å²) in [5.74, 6) is 0. The molecule has 0 bridgehead atoms. The molecule has 0 unspecified atom stereocenters. The maximum absolute atomic E-state index is 12.9. The van der Waals surface area contributed by atoms with E-state index in [-0.39, 0.29) is 17.5 Å². The second-order valence-electron chi connectivity index (χ2n) is 7.40. The van der Waals surface area contributed by atoms with Crippen molar-refractivity contribution in [2.45, 2.75) is 23.8 Å². The first kappa shape index (κ1) is 20.5. The zero-order valence-electron chi connectivity index (χ0n) is 16.4. The lowest BCUT2D eigenvalue weighted by molar-refractivity contribution is -0.387. The van der Waals surface area contributed by atoms with Crippen LogP contribution in [0.4, 0.5) is 5.69 Å². The van der Waals surface area contributed by atoms with Crippen molar-refractivity contribution in [3.8, 4) is 0 Å². The van der Waals surface area contributed by atoms with Crippen LogP contribution in [-0.4, -0.2) is 37.9 Å². The summed E-state index contributed by atoms with van der Waals surface area (Å²) in [6.45, 7) is 1.92. The van der Waals surface area contributed by atoms with Gasteiger partial charge in [0.15, 0.2) is 4.90 Å². The van der Waals surface area contributed by atoms with Gasteiger partial charge < -0.3 is 0 Å². The minimum absolute atomic E-state index is 0.141. The third-order valence-corrected chi connectivity index (χ3v) is 7.05. The Morgan fingerprint density at radius 3 is 2.40 bits per heavy atom. The molecule has 30 heavy (non-hydrogen) atoms. The number of nitrogens with zero attached hydrogens (tertiary/aromatic N) is 2. The van der Waals surface area contributed by atoms with Gasteiger partial charge in [0, 0.05) is 18.7 Å². The number of para-hydroxylation sites is 1. The first-order valence-corrected chi connectivity index (χ1v) is 11.4. The second-order valence-corrected chi connectivity index (χ2v) is 9.14. The van der Waals surface area contributed by atoms with Gasteiger partial charge in [-0.25, -0.2) is 13.1 Å². The maximum atomic E-state index is 12.9. The highest BCUT2D eigenvalue weighted by Gasteiger charge is 2.29. The molecule has 0 amide bonds. The fourth-order valence-corrected chi connectivity index (χ4v) is 5.34. The van der Waals surface area contributed by atoms with E-state index in [0.717, 1.165) is 42.3 Å². The molecule has 0 aliphatic carbocycles. The van der Waals surface area contributed by atoms with E-state index in [0.29, 0.717) is 0 Å². The van der Waals surface area contributed by atoms with Gasteiger partial charge in [-0.1, -0.05) is 54.6 Å². The number of nitrogens with one attached hydrogen (secondary N) is 1. The van der Waals surface area contributed by atoms with Gasteiger partial charge >= 0.3 is 0 Å². The van der Waals surface area contributed by atoms with Crippen molar-refractivity contribution in [2.24, 2.45) is 0 Å². The number of nitro groups is 1. The molecule has 0 aromatic heterocycles. The molecule has 1 heterocycles. The summed E-state index contributed by atoms with van der Waals surface area (Å²) in [6, 6.07) is 19.4. The summed E-state index contributed by atoms with van der Waals surface area (Å²) in [6.07, 6.45) is 2.14. The molecule has 8 heteroatoms. The zero-order chi connectivity index (χ0) is 21.1. The SMILES string of the molecule is O=[N+]([O-])c1ccccc1S(=O)(=O)NC[C@H](c1cccc2ccccc12)N1CCCC1. The quantitative estimate of drug-likeness (QED) is 0.458. The van der Waals surface area contributed by atoms with Crippen LogP contribution in [0, 0.1) is 10.1 Å². The fourth-order valence-electron chi connectivity index (χ4n) is 4.13. The van der Waals surface area contributed by atoms with Gasteiger partial charge in [-0.05, 0) is 48.3 Å². The highest BCUT2D eigenvalue weighted by atomic mass is 32.2. The van der Waals surface area contributed by atoms with Crippen molar-refractivity contribution >= 4 is 26.5 Å². The van der Waals surface area contributed by atoms with Crippen LogP contribution in [0.25, 0.3) is 10.8 Å². The Morgan fingerprint density at radius 1 is 0.967 bits per heavy atom. The summed E-state index contributed by atoms with van der Waals surface area (Å²) >= 11 is 0. The molecule has 1 saturated heterocycles. The van der Waals surface area contributed by atoms with E-state index in [1.165, 1.54) is 24.3 Å². The predicted octanol–water partition coefficient (Wildman–Crippen LogP) is 3.86. The van der Waals surface area contributed by atoms with E-state index in [1.807, 2.05) is 42.5 Å². The first-order valence-electron chi connectivity index (χ1n) is 9.92. The van der Waals surface area contributed by atoms with Gasteiger partial charge in [0.25, 0.3) is 5.69 Å². The van der Waals surface area contributed by atoms with E-state index in [9.17, 15) is 18.5 Å². The lowest BCUT2D eigenvalue weighted by Crippen LogP contribution is -2.37. The average molecular weight is 426 g/mol.